The van der Waals surface area contributed by atoms with Crippen LogP contribution in [-0.4, -0.2) is 77.8 Å². The maximum absolute atomic E-state index is 15.8. The molecule has 222 valence electrons. The van der Waals surface area contributed by atoms with Crippen LogP contribution in [0.25, 0.3) is 11.2 Å². The number of nitrogens with two attached hydrogens (primary N) is 1. The summed E-state index contributed by atoms with van der Waals surface area (Å²) < 4.78 is 76.8. The molecule has 0 amide bonds. The third-order valence-electron chi connectivity index (χ3n) is 6.55. The first-order chi connectivity index (χ1) is 19.4. The van der Waals surface area contributed by atoms with Crippen molar-refractivity contribution in [2.24, 2.45) is 0 Å². The quantitative estimate of drug-likeness (QED) is 0.220. The molecule has 3 aromatic rings. The number of nitrogen functional groups attached to an aromatic ring is 1. The minimum absolute atomic E-state index is 0.0372. The zero-order valence-corrected chi connectivity index (χ0v) is 23.2. The number of fused-ring (bicyclic) bond motifs is 4. The van der Waals surface area contributed by atoms with E-state index < -0.39 is 82.1 Å². The first kappa shape index (κ1) is 28.6. The van der Waals surface area contributed by atoms with E-state index in [1.54, 1.807) is 0 Å². The van der Waals surface area contributed by atoms with Gasteiger partial charge in [-0.1, -0.05) is 12.2 Å². The van der Waals surface area contributed by atoms with Gasteiger partial charge in [-0.2, -0.15) is 0 Å². The minimum atomic E-state index is -4.92. The Balaban J connectivity index is 1.29. The van der Waals surface area contributed by atoms with Crippen LogP contribution in [-0.2, 0) is 36.7 Å². The molecule has 0 spiro atoms. The lowest BCUT2D eigenvalue weighted by atomic mass is 10.1. The van der Waals surface area contributed by atoms with Crippen molar-refractivity contribution >= 4 is 43.9 Å². The summed E-state index contributed by atoms with van der Waals surface area (Å²) in [5.74, 6) is 0.0372. The Bertz CT molecular complexity index is 1690. The van der Waals surface area contributed by atoms with Crippen LogP contribution < -0.4 is 17.0 Å². The van der Waals surface area contributed by atoms with E-state index in [-0.39, 0.29) is 23.4 Å². The smallest absolute Gasteiger partial charge is 0.382 e. The number of rotatable bonds is 2. The summed E-state index contributed by atoms with van der Waals surface area (Å²) in [5, 5.41) is 0. The average molecular weight is 637 g/mol. The Hall–Kier alpha value is -2.51. The van der Waals surface area contributed by atoms with Crippen molar-refractivity contribution in [3.8, 4) is 0 Å². The number of alkyl halides is 1. The summed E-state index contributed by atoms with van der Waals surface area (Å²) in [6.07, 6.45) is -6.80. The number of phosphoric ester groups is 1. The van der Waals surface area contributed by atoms with Crippen molar-refractivity contribution < 1.29 is 46.0 Å². The highest BCUT2D eigenvalue weighted by molar-refractivity contribution is 8.44. The van der Waals surface area contributed by atoms with Crippen molar-refractivity contribution in [2.45, 2.75) is 49.5 Å². The summed E-state index contributed by atoms with van der Waals surface area (Å²) in [7, 11) is -4.92. The first-order valence-corrected chi connectivity index (χ1v) is 16.1. The molecule has 9 atom stereocenters. The molecule has 3 aliphatic rings. The van der Waals surface area contributed by atoms with Gasteiger partial charge in [0.15, 0.2) is 30.1 Å². The number of hydrogen-bond acceptors (Lipinski definition) is 14. The maximum atomic E-state index is 15.8. The van der Waals surface area contributed by atoms with E-state index in [0.29, 0.717) is 0 Å². The van der Waals surface area contributed by atoms with Crippen LogP contribution in [0.15, 0.2) is 34.5 Å². The number of thiol groups is 1. The predicted molar refractivity (Wildman–Crippen MR) is 136 cm³/mol. The molecule has 3 aliphatic heterocycles. The van der Waals surface area contributed by atoms with E-state index in [1.807, 2.05) is 4.98 Å². The normalized spacial score (nSPS) is 38.2. The van der Waals surface area contributed by atoms with E-state index >= 15 is 4.39 Å². The van der Waals surface area contributed by atoms with Gasteiger partial charge in [-0.25, -0.2) is 33.3 Å². The lowest BCUT2D eigenvalue weighted by molar-refractivity contribution is -0.0652. The van der Waals surface area contributed by atoms with Crippen LogP contribution in [0.4, 0.5) is 10.2 Å². The Morgan fingerprint density at radius 1 is 1.07 bits per heavy atom. The van der Waals surface area contributed by atoms with Gasteiger partial charge in [-0.3, -0.25) is 37.0 Å². The van der Waals surface area contributed by atoms with Gasteiger partial charge in [-0.05, 0) is 0 Å². The van der Waals surface area contributed by atoms with Gasteiger partial charge in [0.1, 0.15) is 30.2 Å². The van der Waals surface area contributed by atoms with Crippen LogP contribution in [0.2, 0.25) is 0 Å². The summed E-state index contributed by atoms with van der Waals surface area (Å²) >= 11 is 3.96. The van der Waals surface area contributed by atoms with Crippen LogP contribution in [0.5, 0.6) is 0 Å². The van der Waals surface area contributed by atoms with Crippen molar-refractivity contribution in [3.05, 3.63) is 45.8 Å². The van der Waals surface area contributed by atoms with Crippen molar-refractivity contribution in [3.63, 3.8) is 0 Å². The molecule has 3 saturated heterocycles. The molecular formula is C19H22FN7O11P2S. The Morgan fingerprint density at radius 2 is 1.88 bits per heavy atom. The number of aromatic amines is 1. The second kappa shape index (κ2) is 10.6. The Labute approximate surface area is 233 Å². The average Bonchev–Trinajstić information content (AvgIpc) is 3.58. The fraction of sp³-hybridized carbons (Fsp3) is 0.526. The molecule has 2 bridgehead atoms. The molecule has 3 fully saturated rings. The topological polar surface area (TPSA) is 234 Å². The number of anilines is 1. The molecular weight excluding hydrogens is 615 g/mol. The van der Waals surface area contributed by atoms with Gasteiger partial charge < -0.3 is 20.1 Å². The van der Waals surface area contributed by atoms with Gasteiger partial charge in [0.25, 0.3) is 5.56 Å². The van der Waals surface area contributed by atoms with Gasteiger partial charge in [0.05, 0.1) is 25.6 Å². The Kier molecular flexibility index (Phi) is 7.42. The third kappa shape index (κ3) is 5.64. The Morgan fingerprint density at radius 3 is 2.66 bits per heavy atom. The zero-order valence-electron chi connectivity index (χ0n) is 20.5. The van der Waals surface area contributed by atoms with Crippen molar-refractivity contribution in [1.82, 2.24) is 29.1 Å². The van der Waals surface area contributed by atoms with E-state index in [2.05, 4.69) is 27.2 Å². The van der Waals surface area contributed by atoms with Crippen molar-refractivity contribution in [2.75, 3.05) is 18.9 Å². The monoisotopic (exact) mass is 637 g/mol. The predicted octanol–water partition coefficient (Wildman–Crippen LogP) is 0.437. The number of phosphoric acid groups is 1. The summed E-state index contributed by atoms with van der Waals surface area (Å²) in [4.78, 5) is 48.3. The molecule has 22 heteroatoms. The van der Waals surface area contributed by atoms with Gasteiger partial charge in [0.2, 0.25) is 0 Å². The highest BCUT2D eigenvalue weighted by Crippen LogP contribution is 2.58. The number of imidazole rings is 1. The number of hydrogen-bond donors (Lipinski definition) is 4. The van der Waals surface area contributed by atoms with Gasteiger partial charge >= 0.3 is 20.3 Å². The molecule has 0 saturated carbocycles. The largest absolute Gasteiger partial charge is 0.472 e. The summed E-state index contributed by atoms with van der Waals surface area (Å²) in [6.45, 7) is -5.53. The fourth-order valence-corrected chi connectivity index (χ4v) is 7.19. The van der Waals surface area contributed by atoms with E-state index in [1.165, 1.54) is 10.9 Å². The highest BCUT2D eigenvalue weighted by atomic mass is 32.7. The number of ether oxygens (including phenoxy) is 2. The molecule has 2 unspecified atom stereocenters. The molecule has 0 radical (unpaired) electrons. The summed E-state index contributed by atoms with van der Waals surface area (Å²) in [6, 6.07) is 1.04. The fourth-order valence-electron chi connectivity index (χ4n) is 4.76. The summed E-state index contributed by atoms with van der Waals surface area (Å²) in [5.41, 5.74) is 4.55. The van der Waals surface area contributed by atoms with Gasteiger partial charge in [-0.15, -0.1) is 0 Å². The molecule has 6 heterocycles. The van der Waals surface area contributed by atoms with Gasteiger partial charge in [0, 0.05) is 18.7 Å². The second-order valence-corrected chi connectivity index (χ2v) is 13.5. The third-order valence-corrected chi connectivity index (χ3v) is 9.17. The molecule has 4 N–H and O–H groups in total. The van der Waals surface area contributed by atoms with E-state index in [0.717, 1.165) is 23.2 Å². The lowest BCUT2D eigenvalue weighted by Gasteiger charge is -2.25. The number of aromatic nitrogens is 6. The second-order valence-electron chi connectivity index (χ2n) is 9.24. The minimum Gasteiger partial charge on any atom is -0.382 e. The van der Waals surface area contributed by atoms with Crippen LogP contribution in [0.1, 0.15) is 18.9 Å². The highest BCUT2D eigenvalue weighted by Gasteiger charge is 2.52. The number of nitrogens with zero attached hydrogens (tertiary/aromatic N) is 5. The van der Waals surface area contributed by atoms with Crippen LogP contribution in [0.3, 0.4) is 0 Å². The SMILES string of the molecule is Nc1ncnc2c1ncn2[C@@H]1O[C@@H]2COP(=O)(O)O[C@@H]3C[C@@H](COP(=O)(S)O[C@H]2[C@H]1F)O[C@H]3n1ccc(=O)[nH]c1=O. The molecule has 18 nitrogen and oxygen atoms in total. The van der Waals surface area contributed by atoms with Crippen LogP contribution >= 0.6 is 26.9 Å². The van der Waals surface area contributed by atoms with Crippen LogP contribution in [0, 0.1) is 0 Å². The maximum Gasteiger partial charge on any atom is 0.472 e. The molecule has 3 aromatic heterocycles. The number of halogens is 1. The standard InChI is InChI=1S/C19H22FN7O11P2S/c20-12-14-10(36-18(12)27-7-24-13-15(21)22-6-23-16(13)27)5-33-39(30,31)37-9-3-8(4-34-40(32,41)38-14)35-17(9)26-2-1-11(28)25-19(26)29/h1-2,6-10,12,14,17-18H,3-5H2,(H,30,31)(H,32,41)(H2,21,22,23)(H,25,28,29)/t8-,9+,10+,12+,14+,17+,18+,40?/m0/s1. The van der Waals surface area contributed by atoms with E-state index in [9.17, 15) is 23.6 Å². The zero-order chi connectivity index (χ0) is 29.1. The number of nitrogens with one attached hydrogen (secondary N) is 1. The molecule has 41 heavy (non-hydrogen) atoms. The number of H-pyrrole nitrogens is 1. The van der Waals surface area contributed by atoms with Crippen molar-refractivity contribution in [1.29, 1.82) is 0 Å². The van der Waals surface area contributed by atoms with E-state index in [4.69, 9.17) is 33.3 Å². The molecule has 0 aromatic carbocycles. The lowest BCUT2D eigenvalue weighted by Crippen LogP contribution is -2.36. The molecule has 6 rings (SSSR count). The first-order valence-electron chi connectivity index (χ1n) is 11.9. The molecule has 0 aliphatic carbocycles.